The van der Waals surface area contributed by atoms with Gasteiger partial charge in [0.25, 0.3) is 5.56 Å². The van der Waals surface area contributed by atoms with Crippen molar-refractivity contribution >= 4 is 81.0 Å². The first kappa shape index (κ1) is 58.0. The fraction of sp³-hybridized carbons (Fsp3) is 0.500. The van der Waals surface area contributed by atoms with E-state index in [-0.39, 0.29) is 28.1 Å². The number of aromatic amines is 1. The van der Waals surface area contributed by atoms with Gasteiger partial charge in [0.15, 0.2) is 41.4 Å². The Hall–Kier alpha value is -3.28. The van der Waals surface area contributed by atoms with E-state index in [0.717, 1.165) is 17.2 Å². The number of aliphatic hydroxyl groups excluding tert-OH is 4. The molecule has 52 heteroatoms. The van der Waals surface area contributed by atoms with Crippen molar-refractivity contribution in [2.75, 3.05) is 25.2 Å². The Balaban J connectivity index is 0.882. The number of H-pyrrole nitrogens is 1. The highest BCUT2D eigenvalue weighted by molar-refractivity contribution is 7.61. The van der Waals surface area contributed by atoms with Gasteiger partial charge >= 0.3 is 46.9 Å². The van der Waals surface area contributed by atoms with Crippen LogP contribution >= 0.6 is 46.9 Å². The van der Waals surface area contributed by atoms with Crippen LogP contribution < -0.4 is 17.0 Å². The van der Waals surface area contributed by atoms with Crippen LogP contribution in [0.2, 0.25) is 0 Å². The maximum absolute atomic E-state index is 13.2. The smallest absolute Gasteiger partial charge is 0.387 e. The molecule has 46 nitrogen and oxygen atoms in total. The second-order valence-electron chi connectivity index (χ2n) is 12.7. The third-order valence-electron chi connectivity index (χ3n) is 7.98. The molecule has 0 radical (unpaired) electrons. The number of nitrogens with zero attached hydrogens (tertiary/aromatic N) is 7. The zero-order valence-corrected chi connectivity index (χ0v) is 39.4. The number of hydrogen-bond acceptors (Lipinski definition) is 38. The van der Waals surface area contributed by atoms with Crippen molar-refractivity contribution in [1.82, 2.24) is 39.0 Å². The van der Waals surface area contributed by atoms with Crippen molar-refractivity contribution in [1.29, 1.82) is 0 Å². The molecule has 0 aromatic carbocycles. The molecule has 406 valence electrons. The number of rotatable bonds is 28. The minimum Gasteiger partial charge on any atom is -0.387 e. The van der Waals surface area contributed by atoms with Crippen molar-refractivity contribution in [2.45, 2.75) is 49.3 Å². The topological polar surface area (TPSA) is 628 Å². The molecule has 2 aliphatic heterocycles. The molecule has 0 saturated carbocycles. The number of aliphatic hydroxyl groups is 4. The van der Waals surface area contributed by atoms with Gasteiger partial charge in [-0.2, -0.15) is 9.29 Å². The number of hydrogen-bond donors (Lipinski definition) is 12. The van der Waals surface area contributed by atoms with Crippen LogP contribution in [-0.4, -0.2) is 134 Å². The lowest BCUT2D eigenvalue weighted by molar-refractivity contribution is -0.500. The van der Waals surface area contributed by atoms with Gasteiger partial charge in [-0.3, -0.25) is 47.5 Å². The van der Waals surface area contributed by atoms with Gasteiger partial charge in [0.05, 0.1) is 12.7 Å². The fourth-order valence-electron chi connectivity index (χ4n) is 5.13. The number of aromatic nitrogens is 8. The normalized spacial score (nSPS) is 27.8. The summed E-state index contributed by atoms with van der Waals surface area (Å²) >= 11 is 0. The molecule has 0 bridgehead atoms. The van der Waals surface area contributed by atoms with Crippen molar-refractivity contribution in [3.05, 3.63) is 29.3 Å². The molecule has 4 aromatic heterocycles. The summed E-state index contributed by atoms with van der Waals surface area (Å²) in [7, 11) is -34.5. The van der Waals surface area contributed by atoms with Crippen LogP contribution in [0.1, 0.15) is 12.5 Å². The summed E-state index contributed by atoms with van der Waals surface area (Å²) in [6.07, 6.45) is -11.5. The molecule has 14 N–H and O–H groups in total. The number of nitrogens with one attached hydrogen (secondary N) is 1. The molecule has 6 rings (SSSR count). The molecule has 72 heavy (non-hydrogen) atoms. The lowest BCUT2D eigenvalue weighted by Gasteiger charge is -2.22. The number of nitrogens with two attached hydrogens (primary N) is 2. The number of anilines is 2. The van der Waals surface area contributed by atoms with E-state index in [4.69, 9.17) is 25.5 Å². The van der Waals surface area contributed by atoms with Gasteiger partial charge in [-0.15, -0.1) is 0 Å². The second-order valence-corrected chi connectivity index (χ2v) is 20.9. The van der Waals surface area contributed by atoms with Gasteiger partial charge in [0, 0.05) is 7.11 Å². The zero-order chi connectivity index (χ0) is 53.0. The number of phosphoric acid groups is 6. The summed E-state index contributed by atoms with van der Waals surface area (Å²) in [6.45, 7) is -0.822. The van der Waals surface area contributed by atoms with Crippen LogP contribution in [0.4, 0.5) is 11.8 Å². The third-order valence-corrected chi connectivity index (χ3v) is 12.8. The highest BCUT2D eigenvalue weighted by atomic mass is 31.3. The van der Waals surface area contributed by atoms with E-state index in [1.54, 1.807) is 0 Å². The third kappa shape index (κ3) is 15.0. The van der Waals surface area contributed by atoms with E-state index in [1.807, 2.05) is 0 Å². The van der Waals surface area contributed by atoms with E-state index < -0.39 is 114 Å². The molecule has 2 fully saturated rings. The Morgan fingerprint density at radius 2 is 1.11 bits per heavy atom. The molecule has 2 saturated heterocycles. The van der Waals surface area contributed by atoms with Crippen molar-refractivity contribution in [3.63, 3.8) is 0 Å². The summed E-state index contributed by atoms with van der Waals surface area (Å²) in [5.41, 5.74) is 9.95. The fourth-order valence-corrected chi connectivity index (χ4v) is 8.40. The standard InChI is InChI=1S/C20H30N10O36P6/c1-47-67(36,37)66-72(46,51-19-12(34)11(33)18(50-19)30-5-26-8-15(30)27-20(22)28-16(8)35)65-56-64-71(44,45)63-55-62-70(42,43)61-54-60-69(40,41)59-53-58-68(38,39)57-52-48-2-6-9(31)10(32)17(49-6)29-4-25-7-13(21)23-3-24-14(7)29/h3-6,9-12,17-19,31-34H,2H2,1H3,(H,36,37)(H,38,39)(H,40,41)(H,42,43)(H,44,45)(H2,21,23,24)(H3,22,27,28,35)/t6-,9-,10-,11?,12?,17-,18?,19?,72?/m1/s1. The zero-order valence-electron chi connectivity index (χ0n) is 34.1. The Kier molecular flexibility index (Phi) is 18.8. The van der Waals surface area contributed by atoms with E-state index in [9.17, 15) is 77.1 Å². The number of fused-ring (bicyclic) bond motifs is 2. The average Bonchev–Trinajstić information content (AvgIpc) is 4.03. The SMILES string of the molecule is COP(=O)(O)OP(=O)(OOOP(=O)(O)OOOP(=O)(O)OOOP(=O)(O)OOOP(=O)(O)OOOC[C@H]1O[C@@H](n2cnc3c(N)ncnc32)[C@H](O)[C@@H]1O)OC1OC(n2cnc3c(=O)[nH]c(N)nc32)C(O)C1O. The van der Waals surface area contributed by atoms with Crippen molar-refractivity contribution in [2.24, 2.45) is 0 Å². The van der Waals surface area contributed by atoms with Gasteiger partial charge in [0.1, 0.15) is 49.0 Å². The minimum atomic E-state index is -6.04. The number of nitrogen functional groups attached to an aromatic ring is 2. The summed E-state index contributed by atoms with van der Waals surface area (Å²) in [5.74, 6) is -0.438. The number of ether oxygens (including phenoxy) is 2. The lowest BCUT2D eigenvalue weighted by Crippen LogP contribution is -2.33. The number of phosphoric ester groups is 1. The summed E-state index contributed by atoms with van der Waals surface area (Å²) < 4.78 is 131. The molecule has 14 atom stereocenters. The Bertz CT molecular complexity index is 2890. The van der Waals surface area contributed by atoms with Crippen LogP contribution in [0, 0.1) is 0 Å². The second kappa shape index (κ2) is 23.3. The molecule has 10 unspecified atom stereocenters. The van der Waals surface area contributed by atoms with Crippen LogP contribution in [0.5, 0.6) is 0 Å². The van der Waals surface area contributed by atoms with Crippen LogP contribution in [0.25, 0.3) is 22.3 Å². The molecule has 0 amide bonds. The average molecular weight is 1170 g/mol. The molecule has 0 aliphatic carbocycles. The lowest BCUT2D eigenvalue weighted by atomic mass is 10.1. The summed E-state index contributed by atoms with van der Waals surface area (Å²) in [4.78, 5) is 85.6. The van der Waals surface area contributed by atoms with E-state index in [1.165, 1.54) is 10.9 Å². The molecular weight excluding hydrogens is 1140 g/mol. The Morgan fingerprint density at radius 1 is 0.625 bits per heavy atom. The Morgan fingerprint density at radius 3 is 1.67 bits per heavy atom. The maximum atomic E-state index is 13.2. The summed E-state index contributed by atoms with van der Waals surface area (Å²) in [6, 6.07) is 0. The monoisotopic (exact) mass is 1170 g/mol. The maximum Gasteiger partial charge on any atom is 0.531 e. The van der Waals surface area contributed by atoms with Gasteiger partial charge < -0.3 is 46.3 Å². The molecule has 4 aromatic rings. The van der Waals surface area contributed by atoms with Crippen LogP contribution in [0.3, 0.4) is 0 Å². The first-order chi connectivity index (χ1) is 33.5. The predicted octanol–water partition coefficient (Wildman–Crippen LogP) is -2.99. The number of imidazole rings is 2. The molecular formula is C20H30N10O36P6. The largest absolute Gasteiger partial charge is 0.531 e. The van der Waals surface area contributed by atoms with Gasteiger partial charge in [-0.1, -0.05) is 47.1 Å². The van der Waals surface area contributed by atoms with E-state index >= 15 is 0 Å². The van der Waals surface area contributed by atoms with Crippen LogP contribution in [-0.2, 0) is 122 Å². The predicted molar refractivity (Wildman–Crippen MR) is 201 cm³/mol. The van der Waals surface area contributed by atoms with Crippen LogP contribution in [0.15, 0.2) is 23.8 Å². The van der Waals surface area contributed by atoms with E-state index in [2.05, 4.69) is 111 Å². The summed E-state index contributed by atoms with van der Waals surface area (Å²) in [5, 5.41) is 59.8. The van der Waals surface area contributed by atoms with E-state index in [0.29, 0.717) is 7.11 Å². The highest BCUT2D eigenvalue weighted by Crippen LogP contribution is 2.65. The van der Waals surface area contributed by atoms with Gasteiger partial charge in [-0.25, -0.2) is 52.2 Å². The van der Waals surface area contributed by atoms with Gasteiger partial charge in [-0.05, 0) is 20.2 Å². The highest BCUT2D eigenvalue weighted by Gasteiger charge is 2.52. The van der Waals surface area contributed by atoms with Gasteiger partial charge in [0.2, 0.25) is 5.95 Å². The first-order valence-electron chi connectivity index (χ1n) is 17.6. The molecule has 6 heterocycles. The first-order valence-corrected chi connectivity index (χ1v) is 26.5. The van der Waals surface area contributed by atoms with Crippen molar-refractivity contribution < 1.29 is 167 Å². The minimum absolute atomic E-state index is 0.00329. The molecule has 2 aliphatic rings. The Labute approximate surface area is 390 Å². The quantitative estimate of drug-likeness (QED) is 0.0117. The molecule has 0 spiro atoms. The van der Waals surface area contributed by atoms with Crippen molar-refractivity contribution in [3.8, 4) is 0 Å².